The van der Waals surface area contributed by atoms with E-state index in [1.54, 1.807) is 24.7 Å². The van der Waals surface area contributed by atoms with Crippen LogP contribution >= 0.6 is 0 Å². The molecule has 2 aromatic carbocycles. The minimum atomic E-state index is -3.20. The van der Waals surface area contributed by atoms with E-state index in [2.05, 4.69) is 45.3 Å². The second kappa shape index (κ2) is 13.1. The number of hydrogen-bond acceptors (Lipinski definition) is 5. The molecule has 9 heteroatoms. The van der Waals surface area contributed by atoms with Crippen molar-refractivity contribution in [3.63, 3.8) is 0 Å². The number of hydrogen-bond donors (Lipinski definition) is 0. The molecule has 0 aliphatic carbocycles. The summed E-state index contributed by atoms with van der Waals surface area (Å²) in [6, 6.07) is 22.0. The van der Waals surface area contributed by atoms with Gasteiger partial charge in [0.2, 0.25) is 0 Å². The molecule has 0 spiro atoms. The molecular weight excluding hydrogens is 510 g/mol. The number of ether oxygens (including phenoxy) is 2. The van der Waals surface area contributed by atoms with Gasteiger partial charge in [0, 0.05) is 31.1 Å². The number of benzene rings is 2. The van der Waals surface area contributed by atoms with E-state index >= 15 is 0 Å². The van der Waals surface area contributed by atoms with E-state index in [1.165, 1.54) is 17.7 Å². The maximum Gasteiger partial charge on any atom is 0.387 e. The predicted molar refractivity (Wildman–Crippen MR) is 142 cm³/mol. The van der Waals surface area contributed by atoms with Crippen molar-refractivity contribution in [2.75, 3.05) is 11.4 Å². The quantitative estimate of drug-likeness (QED) is 0.173. The third-order valence-electron chi connectivity index (χ3n) is 6.55. The molecular formula is C30H29F4N3O2. The van der Waals surface area contributed by atoms with Crippen molar-refractivity contribution in [2.45, 2.75) is 45.5 Å². The van der Waals surface area contributed by atoms with Gasteiger partial charge in [0.1, 0.15) is 5.82 Å². The SMILES string of the molecule is CCN(c1ccc(C(Cc2ccncc2)c2ccc(OC(F)F)c(OC(F)F)c2)cn1)[C@H](C)c1ccccc1. The zero-order valence-electron chi connectivity index (χ0n) is 21.6. The number of alkyl halides is 4. The van der Waals surface area contributed by atoms with Crippen LogP contribution in [-0.4, -0.2) is 29.7 Å². The van der Waals surface area contributed by atoms with Crippen molar-refractivity contribution in [3.05, 3.63) is 114 Å². The Morgan fingerprint density at radius 3 is 2.05 bits per heavy atom. The number of aromatic nitrogens is 2. The molecule has 0 radical (unpaired) electrons. The van der Waals surface area contributed by atoms with Crippen molar-refractivity contribution in [2.24, 2.45) is 0 Å². The van der Waals surface area contributed by atoms with Crippen LogP contribution in [0.2, 0.25) is 0 Å². The summed E-state index contributed by atoms with van der Waals surface area (Å²) in [5.74, 6) is -0.460. The normalized spacial score (nSPS) is 12.8. The highest BCUT2D eigenvalue weighted by Gasteiger charge is 2.22. The maximum atomic E-state index is 13.1. The summed E-state index contributed by atoms with van der Waals surface area (Å²) in [6.07, 6.45) is 5.59. The van der Waals surface area contributed by atoms with E-state index in [1.807, 2.05) is 42.5 Å². The van der Waals surface area contributed by atoms with Gasteiger partial charge in [-0.1, -0.05) is 42.5 Å². The molecule has 2 heterocycles. The molecule has 0 aliphatic rings. The Morgan fingerprint density at radius 2 is 1.44 bits per heavy atom. The van der Waals surface area contributed by atoms with Crippen LogP contribution < -0.4 is 14.4 Å². The Bertz CT molecular complexity index is 1310. The van der Waals surface area contributed by atoms with Crippen molar-refractivity contribution in [1.82, 2.24) is 9.97 Å². The van der Waals surface area contributed by atoms with Gasteiger partial charge in [0.05, 0.1) is 6.04 Å². The molecule has 0 N–H and O–H groups in total. The van der Waals surface area contributed by atoms with Gasteiger partial charge in [-0.15, -0.1) is 0 Å². The van der Waals surface area contributed by atoms with E-state index in [9.17, 15) is 17.6 Å². The van der Waals surface area contributed by atoms with Crippen LogP contribution in [0.5, 0.6) is 11.5 Å². The predicted octanol–water partition coefficient (Wildman–Crippen LogP) is 7.64. The lowest BCUT2D eigenvalue weighted by Crippen LogP contribution is -2.27. The Kier molecular flexibility index (Phi) is 9.35. The van der Waals surface area contributed by atoms with Gasteiger partial charge < -0.3 is 14.4 Å². The monoisotopic (exact) mass is 539 g/mol. The molecule has 0 bridgehead atoms. The molecule has 0 saturated heterocycles. The largest absolute Gasteiger partial charge is 0.431 e. The topological polar surface area (TPSA) is 47.5 Å². The van der Waals surface area contributed by atoms with Crippen LogP contribution in [0.25, 0.3) is 0 Å². The molecule has 5 nitrogen and oxygen atoms in total. The van der Waals surface area contributed by atoms with Crippen LogP contribution in [0.15, 0.2) is 91.4 Å². The fourth-order valence-corrected chi connectivity index (χ4v) is 4.62. The van der Waals surface area contributed by atoms with Gasteiger partial charge in [0.25, 0.3) is 0 Å². The summed E-state index contributed by atoms with van der Waals surface area (Å²) < 4.78 is 60.9. The Hall–Kier alpha value is -4.14. The Morgan fingerprint density at radius 1 is 0.769 bits per heavy atom. The molecule has 2 atom stereocenters. The van der Waals surface area contributed by atoms with E-state index in [0.29, 0.717) is 12.0 Å². The Balaban J connectivity index is 1.69. The third-order valence-corrected chi connectivity index (χ3v) is 6.55. The maximum absolute atomic E-state index is 13.1. The number of halogens is 4. The van der Waals surface area contributed by atoms with Crippen molar-refractivity contribution in [3.8, 4) is 11.5 Å². The van der Waals surface area contributed by atoms with Crippen molar-refractivity contribution >= 4 is 5.82 Å². The second-order valence-electron chi connectivity index (χ2n) is 8.90. The summed E-state index contributed by atoms with van der Waals surface area (Å²) in [5.41, 5.74) is 3.53. The summed E-state index contributed by atoms with van der Waals surface area (Å²) in [5, 5.41) is 0. The van der Waals surface area contributed by atoms with E-state index < -0.39 is 24.7 Å². The highest BCUT2D eigenvalue weighted by molar-refractivity contribution is 5.48. The van der Waals surface area contributed by atoms with Gasteiger partial charge in [-0.2, -0.15) is 17.6 Å². The fraction of sp³-hybridized carbons (Fsp3) is 0.267. The average Bonchev–Trinajstić information content (AvgIpc) is 2.94. The number of anilines is 1. The highest BCUT2D eigenvalue weighted by atomic mass is 19.3. The summed E-state index contributed by atoms with van der Waals surface area (Å²) in [4.78, 5) is 11.0. The minimum absolute atomic E-state index is 0.0959. The van der Waals surface area contributed by atoms with Crippen LogP contribution in [0, 0.1) is 0 Å². The van der Waals surface area contributed by atoms with Crippen LogP contribution in [-0.2, 0) is 6.42 Å². The molecule has 1 unspecified atom stereocenters. The summed E-state index contributed by atoms with van der Waals surface area (Å²) in [7, 11) is 0. The zero-order valence-corrected chi connectivity index (χ0v) is 21.6. The minimum Gasteiger partial charge on any atom is -0.431 e. The first kappa shape index (κ1) is 27.9. The van der Waals surface area contributed by atoms with Gasteiger partial charge in [-0.25, -0.2) is 4.98 Å². The molecule has 0 saturated carbocycles. The van der Waals surface area contributed by atoms with Crippen LogP contribution in [0.4, 0.5) is 23.4 Å². The van der Waals surface area contributed by atoms with E-state index in [0.717, 1.165) is 23.5 Å². The molecule has 39 heavy (non-hydrogen) atoms. The van der Waals surface area contributed by atoms with Crippen molar-refractivity contribution < 1.29 is 27.0 Å². The first-order valence-corrected chi connectivity index (χ1v) is 12.6. The molecule has 4 rings (SSSR count). The molecule has 0 aliphatic heterocycles. The van der Waals surface area contributed by atoms with Crippen molar-refractivity contribution in [1.29, 1.82) is 0 Å². The van der Waals surface area contributed by atoms with E-state index in [-0.39, 0.29) is 12.0 Å². The van der Waals surface area contributed by atoms with E-state index in [4.69, 9.17) is 4.98 Å². The first-order valence-electron chi connectivity index (χ1n) is 12.6. The van der Waals surface area contributed by atoms with Crippen LogP contribution in [0.1, 0.15) is 48.1 Å². The first-order chi connectivity index (χ1) is 18.9. The summed E-state index contributed by atoms with van der Waals surface area (Å²) >= 11 is 0. The van der Waals surface area contributed by atoms with Gasteiger partial charge >= 0.3 is 13.2 Å². The molecule has 0 amide bonds. The molecule has 4 aromatic rings. The number of pyridine rings is 2. The zero-order chi connectivity index (χ0) is 27.8. The molecule has 204 valence electrons. The van der Waals surface area contributed by atoms with Crippen LogP contribution in [0.3, 0.4) is 0 Å². The lowest BCUT2D eigenvalue weighted by Gasteiger charge is -2.30. The lowest BCUT2D eigenvalue weighted by atomic mass is 9.86. The van der Waals surface area contributed by atoms with Gasteiger partial charge in [-0.05, 0) is 72.9 Å². The number of rotatable bonds is 12. The standard InChI is InChI=1S/C30H29F4N3O2/c1-3-37(20(2)22-7-5-4-6-8-22)28-12-10-24(19-36-28)25(17-21-13-15-35-16-14-21)23-9-11-26(38-29(31)32)27(18-23)39-30(33)34/h4-16,18-20,25,29-30H,3,17H2,1-2H3/t20-,25?/m1/s1. The smallest absolute Gasteiger partial charge is 0.387 e. The van der Waals surface area contributed by atoms with Gasteiger partial charge in [-0.3, -0.25) is 4.98 Å². The second-order valence-corrected chi connectivity index (χ2v) is 8.90. The van der Waals surface area contributed by atoms with Gasteiger partial charge in [0.15, 0.2) is 11.5 Å². The lowest BCUT2D eigenvalue weighted by molar-refractivity contribution is -0.0692. The average molecular weight is 540 g/mol. The highest BCUT2D eigenvalue weighted by Crippen LogP contribution is 2.37. The molecule has 2 aromatic heterocycles. The summed E-state index contributed by atoms with van der Waals surface area (Å²) in [6.45, 7) is -1.46. The fourth-order valence-electron chi connectivity index (χ4n) is 4.62. The number of nitrogens with zero attached hydrogens (tertiary/aromatic N) is 3. The Labute approximate surface area is 225 Å². The molecule has 0 fully saturated rings. The third kappa shape index (κ3) is 7.25.